The third-order valence-electron chi connectivity index (χ3n) is 4.19. The molecule has 1 aliphatic carbocycles. The maximum atomic E-state index is 12.3. The summed E-state index contributed by atoms with van der Waals surface area (Å²) < 4.78 is 0. The van der Waals surface area contributed by atoms with Crippen molar-refractivity contribution in [3.05, 3.63) is 21.9 Å². The van der Waals surface area contributed by atoms with Crippen LogP contribution in [0, 0.1) is 12.8 Å². The maximum Gasteiger partial charge on any atom is 0.180 e. The van der Waals surface area contributed by atoms with Crippen molar-refractivity contribution in [3.8, 4) is 0 Å². The molecule has 2 fully saturated rings. The highest BCUT2D eigenvalue weighted by Crippen LogP contribution is 2.34. The second-order valence-electron chi connectivity index (χ2n) is 5.42. The average Bonchev–Trinajstić information content (AvgIpc) is 2.93. The van der Waals surface area contributed by atoms with E-state index >= 15 is 0 Å². The third kappa shape index (κ3) is 2.18. The molecule has 1 N–H and O–H groups in total. The van der Waals surface area contributed by atoms with Crippen molar-refractivity contribution in [1.29, 1.82) is 0 Å². The lowest BCUT2D eigenvalue weighted by molar-refractivity contribution is 0.0949. The van der Waals surface area contributed by atoms with Gasteiger partial charge in [0, 0.05) is 21.9 Å². The Hall–Kier alpha value is -0.670. The normalized spacial score (nSPS) is 32.4. The monoisotopic (exact) mass is 249 g/mol. The van der Waals surface area contributed by atoms with Crippen LogP contribution in [0.3, 0.4) is 0 Å². The first kappa shape index (κ1) is 11.4. The minimum atomic E-state index is 0.0806. The molecule has 92 valence electrons. The van der Waals surface area contributed by atoms with Crippen LogP contribution in [-0.2, 0) is 0 Å². The van der Waals surface area contributed by atoms with Crippen LogP contribution in [0.1, 0.15) is 47.3 Å². The lowest BCUT2D eigenvalue weighted by Gasteiger charge is -2.24. The molecule has 1 saturated carbocycles. The zero-order valence-corrected chi connectivity index (χ0v) is 11.1. The molecule has 2 aliphatic rings. The number of carbonyl (C=O) groups excluding carboxylic acids is 1. The average molecular weight is 249 g/mol. The fourth-order valence-corrected chi connectivity index (χ4v) is 3.99. The quantitative estimate of drug-likeness (QED) is 0.816. The highest BCUT2D eigenvalue weighted by molar-refractivity contribution is 7.10. The van der Waals surface area contributed by atoms with Gasteiger partial charge in [-0.1, -0.05) is 12.8 Å². The Labute approximate surface area is 106 Å². The van der Waals surface area contributed by atoms with Crippen molar-refractivity contribution in [2.75, 3.05) is 0 Å². The molecule has 1 aromatic rings. The van der Waals surface area contributed by atoms with Gasteiger partial charge in [-0.2, -0.15) is 0 Å². The van der Waals surface area contributed by atoms with Crippen LogP contribution >= 0.6 is 11.3 Å². The summed E-state index contributed by atoms with van der Waals surface area (Å²) in [5.41, 5.74) is 0.906. The van der Waals surface area contributed by atoms with Crippen LogP contribution in [0.5, 0.6) is 0 Å². The van der Waals surface area contributed by atoms with E-state index in [2.05, 4.69) is 12.2 Å². The molecule has 0 aromatic carbocycles. The molecule has 0 amide bonds. The lowest BCUT2D eigenvalue weighted by atomic mass is 9.84. The summed E-state index contributed by atoms with van der Waals surface area (Å²) in [5.74, 6) is 1.06. The fourth-order valence-electron chi connectivity index (χ4n) is 3.29. The van der Waals surface area contributed by atoms with E-state index in [4.69, 9.17) is 0 Å². The number of aryl methyl sites for hydroxylation is 1. The van der Waals surface area contributed by atoms with Gasteiger partial charge < -0.3 is 5.32 Å². The zero-order chi connectivity index (χ0) is 11.8. The number of thiophene rings is 1. The maximum absolute atomic E-state index is 12.3. The molecule has 0 spiro atoms. The summed E-state index contributed by atoms with van der Waals surface area (Å²) in [5, 5.41) is 5.56. The van der Waals surface area contributed by atoms with E-state index in [0.717, 1.165) is 17.9 Å². The first-order valence-electron chi connectivity index (χ1n) is 6.59. The van der Waals surface area contributed by atoms with Crippen LogP contribution in [0.2, 0.25) is 0 Å². The molecule has 1 aromatic heterocycles. The number of Topliss-reactive ketones (excluding diaryl/α,β-unsaturated/α-hetero) is 1. The number of fused-ring (bicyclic) bond motifs is 1. The van der Waals surface area contributed by atoms with Crippen molar-refractivity contribution in [2.24, 2.45) is 5.92 Å². The summed E-state index contributed by atoms with van der Waals surface area (Å²) in [6.45, 7) is 2.06. The summed E-state index contributed by atoms with van der Waals surface area (Å²) in [6.07, 6.45) is 6.30. The minimum Gasteiger partial charge on any atom is -0.304 e. The van der Waals surface area contributed by atoms with Gasteiger partial charge in [0.2, 0.25) is 0 Å². The van der Waals surface area contributed by atoms with Crippen molar-refractivity contribution in [3.63, 3.8) is 0 Å². The van der Waals surface area contributed by atoms with Gasteiger partial charge >= 0.3 is 0 Å². The van der Waals surface area contributed by atoms with E-state index in [-0.39, 0.29) is 6.04 Å². The van der Waals surface area contributed by atoms with Gasteiger partial charge in [0.1, 0.15) is 0 Å². The van der Waals surface area contributed by atoms with Gasteiger partial charge in [-0.15, -0.1) is 11.3 Å². The predicted octanol–water partition coefficient (Wildman–Crippen LogP) is 3.16. The number of hydrogen-bond donors (Lipinski definition) is 1. The van der Waals surface area contributed by atoms with E-state index in [1.165, 1.54) is 30.6 Å². The first-order chi connectivity index (χ1) is 8.24. The molecule has 3 unspecified atom stereocenters. The van der Waals surface area contributed by atoms with Gasteiger partial charge in [-0.05, 0) is 38.2 Å². The molecular weight excluding hydrogens is 230 g/mol. The standard InChI is InChI=1S/C14H19NOS/c1-9-6-11(8-17-9)14(16)13-7-10-4-2-3-5-12(10)15-13/h6,8,10,12-13,15H,2-5,7H2,1H3. The van der Waals surface area contributed by atoms with Gasteiger partial charge in [0.25, 0.3) is 0 Å². The smallest absolute Gasteiger partial charge is 0.180 e. The van der Waals surface area contributed by atoms with E-state index in [0.29, 0.717) is 11.8 Å². The van der Waals surface area contributed by atoms with Crippen molar-refractivity contribution in [1.82, 2.24) is 5.32 Å². The Morgan fingerprint density at radius 3 is 2.94 bits per heavy atom. The summed E-state index contributed by atoms with van der Waals surface area (Å²) in [7, 11) is 0. The Kier molecular flexibility index (Phi) is 3.05. The van der Waals surface area contributed by atoms with Crippen LogP contribution < -0.4 is 5.32 Å². The van der Waals surface area contributed by atoms with Crippen LogP contribution in [0.4, 0.5) is 0 Å². The Balaban J connectivity index is 1.71. The van der Waals surface area contributed by atoms with Crippen molar-refractivity contribution >= 4 is 17.1 Å². The van der Waals surface area contributed by atoms with Gasteiger partial charge in [-0.25, -0.2) is 0 Å². The van der Waals surface area contributed by atoms with Crippen molar-refractivity contribution < 1.29 is 4.79 Å². The summed E-state index contributed by atoms with van der Waals surface area (Å²) >= 11 is 1.67. The molecule has 1 saturated heterocycles. The number of rotatable bonds is 2. The van der Waals surface area contributed by atoms with Gasteiger partial charge in [-0.3, -0.25) is 4.79 Å². The number of carbonyl (C=O) groups is 1. The summed E-state index contributed by atoms with van der Waals surface area (Å²) in [4.78, 5) is 13.6. The van der Waals surface area contributed by atoms with E-state index < -0.39 is 0 Å². The molecule has 0 bridgehead atoms. The van der Waals surface area contributed by atoms with Crippen LogP contribution in [0.15, 0.2) is 11.4 Å². The zero-order valence-electron chi connectivity index (χ0n) is 10.2. The van der Waals surface area contributed by atoms with Gasteiger partial charge in [0.05, 0.1) is 6.04 Å². The van der Waals surface area contributed by atoms with Crippen LogP contribution in [0.25, 0.3) is 0 Å². The van der Waals surface area contributed by atoms with E-state index in [9.17, 15) is 4.79 Å². The Morgan fingerprint density at radius 2 is 2.24 bits per heavy atom. The third-order valence-corrected chi connectivity index (χ3v) is 5.06. The molecule has 2 heterocycles. The number of hydrogen-bond acceptors (Lipinski definition) is 3. The molecule has 0 radical (unpaired) electrons. The van der Waals surface area contributed by atoms with Crippen LogP contribution in [-0.4, -0.2) is 17.9 Å². The molecule has 17 heavy (non-hydrogen) atoms. The highest BCUT2D eigenvalue weighted by atomic mass is 32.1. The lowest BCUT2D eigenvalue weighted by Crippen LogP contribution is -2.37. The largest absolute Gasteiger partial charge is 0.304 e. The number of ketones is 1. The van der Waals surface area contributed by atoms with E-state index in [1.807, 2.05) is 11.4 Å². The fraction of sp³-hybridized carbons (Fsp3) is 0.643. The minimum absolute atomic E-state index is 0.0806. The Morgan fingerprint density at radius 1 is 1.41 bits per heavy atom. The highest BCUT2D eigenvalue weighted by Gasteiger charge is 2.38. The molecular formula is C14H19NOS. The Bertz CT molecular complexity index is 412. The topological polar surface area (TPSA) is 29.1 Å². The molecule has 2 nitrogen and oxygen atoms in total. The molecule has 3 atom stereocenters. The second kappa shape index (κ2) is 4.54. The molecule has 3 rings (SSSR count). The number of nitrogens with one attached hydrogen (secondary N) is 1. The molecule has 3 heteroatoms. The van der Waals surface area contributed by atoms with E-state index in [1.54, 1.807) is 11.3 Å². The predicted molar refractivity (Wildman–Crippen MR) is 70.7 cm³/mol. The molecule has 1 aliphatic heterocycles. The summed E-state index contributed by atoms with van der Waals surface area (Å²) in [6, 6.07) is 2.71. The SMILES string of the molecule is Cc1cc(C(=O)C2CC3CCCCC3N2)cs1. The second-order valence-corrected chi connectivity index (χ2v) is 6.53. The first-order valence-corrected chi connectivity index (χ1v) is 7.47. The van der Waals surface area contributed by atoms with Gasteiger partial charge in [0.15, 0.2) is 5.78 Å². The van der Waals surface area contributed by atoms with Crippen molar-refractivity contribution in [2.45, 2.75) is 51.1 Å².